The Kier molecular flexibility index (Phi) is 4.86. The van der Waals surface area contributed by atoms with Crippen LogP contribution < -0.4 is 10.5 Å². The highest BCUT2D eigenvalue weighted by molar-refractivity contribution is 14.1. The molecule has 4 N–H and O–H groups in total. The van der Waals surface area contributed by atoms with E-state index in [4.69, 9.17) is 5.14 Å². The maximum Gasteiger partial charge on any atom is 0.251 e. The normalized spacial score (nSPS) is 11.3. The van der Waals surface area contributed by atoms with Gasteiger partial charge in [0.25, 0.3) is 5.91 Å². The number of sulfonamides is 1. The van der Waals surface area contributed by atoms with Crippen molar-refractivity contribution in [3.8, 4) is 5.75 Å². The van der Waals surface area contributed by atoms with Gasteiger partial charge in [-0.25, -0.2) is 13.6 Å². The van der Waals surface area contributed by atoms with Gasteiger partial charge in [0.15, 0.2) is 0 Å². The molecule has 0 saturated carbocycles. The molecule has 0 bridgehead atoms. The lowest BCUT2D eigenvalue weighted by molar-refractivity contribution is 0.0951. The summed E-state index contributed by atoms with van der Waals surface area (Å²) in [6, 6.07) is 7.60. The summed E-state index contributed by atoms with van der Waals surface area (Å²) in [6.45, 7) is 0.186. The van der Waals surface area contributed by atoms with E-state index in [1.165, 1.54) is 12.1 Å². The Morgan fingerprint density at radius 3 is 2.62 bits per heavy atom. The Bertz CT molecular complexity index is 786. The molecule has 112 valence electrons. The van der Waals surface area contributed by atoms with Crippen molar-refractivity contribution in [1.29, 1.82) is 0 Å². The molecule has 1 aromatic heterocycles. The first-order valence-electron chi connectivity index (χ1n) is 5.65. The molecule has 6 nitrogen and oxygen atoms in total. The minimum absolute atomic E-state index is 0.0379. The molecule has 0 aliphatic heterocycles. The maximum absolute atomic E-state index is 11.9. The van der Waals surface area contributed by atoms with E-state index in [0.29, 0.717) is 14.0 Å². The largest absolute Gasteiger partial charge is 0.507 e. The van der Waals surface area contributed by atoms with E-state index in [9.17, 15) is 18.3 Å². The summed E-state index contributed by atoms with van der Waals surface area (Å²) < 4.78 is 23.0. The summed E-state index contributed by atoms with van der Waals surface area (Å²) in [5.41, 5.74) is 0.330. The van der Waals surface area contributed by atoms with E-state index in [0.717, 1.165) is 11.3 Å². The number of phenolic OH excluding ortho intramolecular Hbond substituents is 1. The number of hydrogen-bond donors (Lipinski definition) is 3. The third-order valence-corrected chi connectivity index (χ3v) is 5.98. The van der Waals surface area contributed by atoms with Crippen molar-refractivity contribution in [1.82, 2.24) is 5.32 Å². The van der Waals surface area contributed by atoms with Gasteiger partial charge in [-0.1, -0.05) is 0 Å². The van der Waals surface area contributed by atoms with E-state index in [1.54, 1.807) is 18.2 Å². The Labute approximate surface area is 139 Å². The number of aromatic hydroxyl groups is 1. The molecule has 21 heavy (non-hydrogen) atoms. The van der Waals surface area contributed by atoms with Crippen LogP contribution in [0.15, 0.2) is 34.5 Å². The summed E-state index contributed by atoms with van der Waals surface area (Å²) in [6.07, 6.45) is 0. The molecule has 0 fully saturated rings. The smallest absolute Gasteiger partial charge is 0.251 e. The molecule has 9 heteroatoms. The third kappa shape index (κ3) is 4.15. The Hall–Kier alpha value is -1.17. The minimum Gasteiger partial charge on any atom is -0.507 e. The number of thiophene rings is 1. The molecular weight excluding hydrogens is 427 g/mol. The van der Waals surface area contributed by atoms with E-state index >= 15 is 0 Å². The number of hydrogen-bond acceptors (Lipinski definition) is 5. The number of halogens is 1. The standard InChI is InChI=1S/C12H11IN2O4S2/c13-9-3-1-7(5-10(9)16)12(17)15-6-8-2-4-11(20-8)21(14,18)19/h1-5,16H,6H2,(H,15,17)(H2,14,18,19). The van der Waals surface area contributed by atoms with Gasteiger partial charge < -0.3 is 10.4 Å². The predicted molar refractivity (Wildman–Crippen MR) is 87.7 cm³/mol. The van der Waals surface area contributed by atoms with E-state index < -0.39 is 10.0 Å². The van der Waals surface area contributed by atoms with E-state index in [2.05, 4.69) is 5.32 Å². The highest BCUT2D eigenvalue weighted by atomic mass is 127. The highest BCUT2D eigenvalue weighted by Gasteiger charge is 2.12. The van der Waals surface area contributed by atoms with Crippen LogP contribution in [0, 0.1) is 3.57 Å². The lowest BCUT2D eigenvalue weighted by Gasteiger charge is -2.05. The lowest BCUT2D eigenvalue weighted by atomic mass is 10.2. The van der Waals surface area contributed by atoms with Gasteiger partial charge in [-0.05, 0) is 52.9 Å². The fraction of sp³-hybridized carbons (Fsp3) is 0.0833. The summed E-state index contributed by atoms with van der Waals surface area (Å²) in [4.78, 5) is 12.6. The molecule has 0 spiro atoms. The molecule has 0 radical (unpaired) electrons. The molecule has 1 amide bonds. The van der Waals surface area contributed by atoms with Gasteiger partial charge >= 0.3 is 0 Å². The third-order valence-electron chi connectivity index (χ3n) is 2.55. The second-order valence-corrected chi connectivity index (χ2v) is 8.23. The number of amides is 1. The van der Waals surface area contributed by atoms with Crippen molar-refractivity contribution in [2.24, 2.45) is 5.14 Å². The zero-order valence-corrected chi connectivity index (χ0v) is 14.3. The van der Waals surface area contributed by atoms with E-state index in [-0.39, 0.29) is 22.4 Å². The number of carbonyl (C=O) groups is 1. The van der Waals surface area contributed by atoms with Crippen LogP contribution in [0.25, 0.3) is 0 Å². The second kappa shape index (κ2) is 6.30. The van der Waals surface area contributed by atoms with Crippen LogP contribution in [0.3, 0.4) is 0 Å². The van der Waals surface area contributed by atoms with Gasteiger partial charge in [0.1, 0.15) is 9.96 Å². The van der Waals surface area contributed by atoms with Gasteiger partial charge in [0.2, 0.25) is 10.0 Å². The van der Waals surface area contributed by atoms with Crippen LogP contribution in [-0.2, 0) is 16.6 Å². The predicted octanol–water partition coefficient (Wildman–Crippen LogP) is 1.64. The van der Waals surface area contributed by atoms with Crippen molar-refractivity contribution in [3.63, 3.8) is 0 Å². The first kappa shape index (κ1) is 16.2. The van der Waals surface area contributed by atoms with Gasteiger partial charge in [0, 0.05) is 10.4 Å². The first-order valence-corrected chi connectivity index (χ1v) is 9.10. The molecule has 0 saturated heterocycles. The highest BCUT2D eigenvalue weighted by Crippen LogP contribution is 2.22. The van der Waals surface area contributed by atoms with Crippen molar-refractivity contribution in [3.05, 3.63) is 44.3 Å². The fourth-order valence-corrected chi connectivity index (χ4v) is 3.58. The number of rotatable bonds is 4. The molecule has 0 unspecified atom stereocenters. The van der Waals surface area contributed by atoms with Crippen molar-refractivity contribution >= 4 is 49.9 Å². The van der Waals surface area contributed by atoms with Crippen molar-refractivity contribution in [2.45, 2.75) is 10.8 Å². The monoisotopic (exact) mass is 438 g/mol. The average molecular weight is 438 g/mol. The van der Waals surface area contributed by atoms with Gasteiger partial charge in [-0.15, -0.1) is 11.3 Å². The van der Waals surface area contributed by atoms with Crippen LogP contribution in [0.4, 0.5) is 0 Å². The number of carbonyl (C=O) groups excluding carboxylic acids is 1. The van der Waals surface area contributed by atoms with Crippen LogP contribution in [0.1, 0.15) is 15.2 Å². The molecule has 1 heterocycles. The first-order chi connectivity index (χ1) is 9.77. The zero-order valence-electron chi connectivity index (χ0n) is 10.5. The van der Waals surface area contributed by atoms with Gasteiger partial charge in [-0.2, -0.15) is 0 Å². The molecule has 0 aliphatic carbocycles. The van der Waals surface area contributed by atoms with Crippen LogP contribution in [0.2, 0.25) is 0 Å². The number of nitrogens with two attached hydrogens (primary N) is 1. The molecule has 2 rings (SSSR count). The Morgan fingerprint density at radius 2 is 2.05 bits per heavy atom. The van der Waals surface area contributed by atoms with Crippen LogP contribution in [-0.4, -0.2) is 19.4 Å². The molecule has 0 aliphatic rings. The Morgan fingerprint density at radius 1 is 1.33 bits per heavy atom. The number of nitrogens with one attached hydrogen (secondary N) is 1. The van der Waals surface area contributed by atoms with Crippen LogP contribution in [0.5, 0.6) is 5.75 Å². The fourth-order valence-electron chi connectivity index (χ4n) is 1.53. The zero-order chi connectivity index (χ0) is 15.6. The lowest BCUT2D eigenvalue weighted by Crippen LogP contribution is -2.22. The Balaban J connectivity index is 2.04. The van der Waals surface area contributed by atoms with Crippen LogP contribution >= 0.6 is 33.9 Å². The molecule has 1 aromatic carbocycles. The van der Waals surface area contributed by atoms with Gasteiger partial charge in [-0.3, -0.25) is 4.79 Å². The number of benzene rings is 1. The topological polar surface area (TPSA) is 109 Å². The quantitative estimate of drug-likeness (QED) is 0.631. The molecule has 2 aromatic rings. The minimum atomic E-state index is -3.71. The van der Waals surface area contributed by atoms with E-state index in [1.807, 2.05) is 22.6 Å². The maximum atomic E-state index is 11.9. The van der Waals surface area contributed by atoms with Crippen molar-refractivity contribution < 1.29 is 18.3 Å². The molecular formula is C12H11IN2O4S2. The summed E-state index contributed by atoms with van der Waals surface area (Å²) in [5, 5.41) is 17.2. The summed E-state index contributed by atoms with van der Waals surface area (Å²) in [5.74, 6) is -0.317. The average Bonchev–Trinajstić information content (AvgIpc) is 2.88. The molecule has 0 atom stereocenters. The summed E-state index contributed by atoms with van der Waals surface area (Å²) in [7, 11) is -3.71. The SMILES string of the molecule is NS(=O)(=O)c1ccc(CNC(=O)c2ccc(I)c(O)c2)s1. The number of primary sulfonamides is 1. The van der Waals surface area contributed by atoms with Gasteiger partial charge in [0.05, 0.1) is 10.1 Å². The number of phenols is 1. The summed E-state index contributed by atoms with van der Waals surface area (Å²) >= 11 is 2.96. The second-order valence-electron chi connectivity index (χ2n) is 4.11. The van der Waals surface area contributed by atoms with Crippen molar-refractivity contribution in [2.75, 3.05) is 0 Å².